The molecule has 1 aliphatic rings. The number of aliphatic hydroxyl groups is 5. The molecule has 0 aromatic carbocycles. The molecule has 1 heterocycles. The lowest BCUT2D eigenvalue weighted by atomic mass is 9.99. The third kappa shape index (κ3) is 45.9. The van der Waals surface area contributed by atoms with E-state index < -0.39 is 67.4 Å². The van der Waals surface area contributed by atoms with Gasteiger partial charge >= 0.3 is 5.97 Å². The fourth-order valence-electron chi connectivity index (χ4n) is 10.9. The number of hydrogen-bond donors (Lipinski definition) is 6. The summed E-state index contributed by atoms with van der Waals surface area (Å²) < 4.78 is 17.7. The van der Waals surface area contributed by atoms with Crippen molar-refractivity contribution in [2.75, 3.05) is 13.2 Å². The molecule has 1 saturated heterocycles. The molecule has 82 heavy (non-hydrogen) atoms. The van der Waals surface area contributed by atoms with Crippen LogP contribution in [0.1, 0.15) is 329 Å². The van der Waals surface area contributed by atoms with E-state index in [0.717, 1.165) is 77.0 Å². The van der Waals surface area contributed by atoms with Gasteiger partial charge in [0.1, 0.15) is 24.4 Å². The molecule has 11 heteroatoms. The molecule has 8 unspecified atom stereocenters. The maximum Gasteiger partial charge on any atom is 0.306 e. The topological polar surface area (TPSA) is 175 Å². The Balaban J connectivity index is 2.55. The summed E-state index contributed by atoms with van der Waals surface area (Å²) in [5.74, 6) is -1.19. The van der Waals surface area contributed by atoms with Crippen LogP contribution in [0.2, 0.25) is 0 Å². The second kappa shape index (κ2) is 59.0. The van der Waals surface area contributed by atoms with E-state index >= 15 is 0 Å². The van der Waals surface area contributed by atoms with Crippen molar-refractivity contribution in [3.05, 3.63) is 48.6 Å². The van der Waals surface area contributed by atoms with Gasteiger partial charge in [-0.05, 0) is 83.5 Å². The number of aliphatic hydroxyl groups excluding tert-OH is 5. The summed E-state index contributed by atoms with van der Waals surface area (Å²) in [6.07, 6.45) is 63.0. The number of ether oxygens (including phenoxy) is 3. The third-order valence-corrected chi connectivity index (χ3v) is 16.5. The molecule has 0 spiro atoms. The average Bonchev–Trinajstić information content (AvgIpc) is 3.68. The summed E-state index contributed by atoms with van der Waals surface area (Å²) in [5.41, 5.74) is 0. The SMILES string of the molecule is CCCCC/C=C\C/C=C\CCCCCCCCCCCCCCCCCCC(O)C(=O)NC(COC1OC(CO)C(O)C(O)C1OC(=O)CCCCCCCCC/C=C\CCCCCC)C(O)/C=C/CCCCCCCCCCCC. The Morgan fingerprint density at radius 1 is 0.476 bits per heavy atom. The molecule has 0 aliphatic carbocycles. The fraction of sp³-hybridized carbons (Fsp3) is 0.859. The molecule has 0 radical (unpaired) electrons. The summed E-state index contributed by atoms with van der Waals surface area (Å²) in [6, 6.07) is -1.02. The van der Waals surface area contributed by atoms with Gasteiger partial charge in [-0.25, -0.2) is 0 Å². The van der Waals surface area contributed by atoms with Crippen molar-refractivity contribution in [1.82, 2.24) is 5.32 Å². The maximum atomic E-state index is 13.5. The zero-order valence-corrected chi connectivity index (χ0v) is 53.4. The molecule has 11 nitrogen and oxygen atoms in total. The van der Waals surface area contributed by atoms with E-state index in [4.69, 9.17) is 14.2 Å². The minimum atomic E-state index is -1.61. The Hall–Kier alpha value is -2.38. The zero-order valence-electron chi connectivity index (χ0n) is 53.4. The highest BCUT2D eigenvalue weighted by molar-refractivity contribution is 5.80. The third-order valence-electron chi connectivity index (χ3n) is 16.5. The van der Waals surface area contributed by atoms with E-state index in [1.807, 2.05) is 6.08 Å². The Morgan fingerprint density at radius 2 is 0.841 bits per heavy atom. The Morgan fingerprint density at radius 3 is 1.29 bits per heavy atom. The van der Waals surface area contributed by atoms with Gasteiger partial charge in [-0.1, -0.05) is 288 Å². The Bertz CT molecular complexity index is 1520. The highest BCUT2D eigenvalue weighted by atomic mass is 16.7. The molecule has 480 valence electrons. The van der Waals surface area contributed by atoms with Gasteiger partial charge in [-0.3, -0.25) is 9.59 Å². The number of nitrogens with one attached hydrogen (secondary N) is 1. The van der Waals surface area contributed by atoms with Crippen LogP contribution in [0.3, 0.4) is 0 Å². The first-order chi connectivity index (χ1) is 40.2. The van der Waals surface area contributed by atoms with E-state index in [0.29, 0.717) is 19.3 Å². The number of esters is 1. The minimum Gasteiger partial charge on any atom is -0.454 e. The molecule has 1 rings (SSSR count). The van der Waals surface area contributed by atoms with Crippen LogP contribution in [0, 0.1) is 0 Å². The lowest BCUT2D eigenvalue weighted by molar-refractivity contribution is -0.305. The number of amides is 1. The minimum absolute atomic E-state index is 0.120. The van der Waals surface area contributed by atoms with Crippen molar-refractivity contribution in [2.45, 2.75) is 378 Å². The van der Waals surface area contributed by atoms with Crippen molar-refractivity contribution in [1.29, 1.82) is 0 Å². The van der Waals surface area contributed by atoms with Gasteiger partial charge in [0.2, 0.25) is 5.91 Å². The molecular weight excluding hydrogens is 1030 g/mol. The first kappa shape index (κ1) is 77.6. The Labute approximate surface area is 504 Å². The predicted molar refractivity (Wildman–Crippen MR) is 343 cm³/mol. The molecule has 0 bridgehead atoms. The summed E-state index contributed by atoms with van der Waals surface area (Å²) in [4.78, 5) is 26.6. The van der Waals surface area contributed by atoms with Crippen LogP contribution >= 0.6 is 0 Å². The lowest BCUT2D eigenvalue weighted by Gasteiger charge is -2.41. The molecular formula is C71H131NO10. The van der Waals surface area contributed by atoms with E-state index in [9.17, 15) is 35.1 Å². The van der Waals surface area contributed by atoms with Crippen LogP contribution < -0.4 is 5.32 Å². The number of unbranched alkanes of at least 4 members (excludes halogenated alkanes) is 40. The lowest BCUT2D eigenvalue weighted by Crippen LogP contribution is -2.61. The second-order valence-electron chi connectivity index (χ2n) is 24.3. The van der Waals surface area contributed by atoms with E-state index in [2.05, 4.69) is 62.5 Å². The van der Waals surface area contributed by atoms with Crippen molar-refractivity contribution in [2.24, 2.45) is 0 Å². The second-order valence-corrected chi connectivity index (χ2v) is 24.3. The molecule has 0 aromatic rings. The Kier molecular flexibility index (Phi) is 55.8. The van der Waals surface area contributed by atoms with Crippen molar-refractivity contribution in [3.63, 3.8) is 0 Å². The normalized spacial score (nSPS) is 18.9. The van der Waals surface area contributed by atoms with Gasteiger partial charge in [0.15, 0.2) is 12.4 Å². The number of allylic oxidation sites excluding steroid dienone is 7. The van der Waals surface area contributed by atoms with Crippen LogP contribution in [-0.4, -0.2) is 99.6 Å². The molecule has 1 fully saturated rings. The summed E-state index contributed by atoms with van der Waals surface area (Å²) >= 11 is 0. The summed E-state index contributed by atoms with van der Waals surface area (Å²) in [6.45, 7) is 5.78. The fourth-order valence-corrected chi connectivity index (χ4v) is 10.9. The largest absolute Gasteiger partial charge is 0.454 e. The highest BCUT2D eigenvalue weighted by Crippen LogP contribution is 2.26. The number of carbonyl (C=O) groups excluding carboxylic acids is 2. The van der Waals surface area contributed by atoms with Gasteiger partial charge < -0.3 is 45.1 Å². The van der Waals surface area contributed by atoms with E-state index in [-0.39, 0.29) is 13.0 Å². The van der Waals surface area contributed by atoms with Crippen LogP contribution in [0.25, 0.3) is 0 Å². The zero-order chi connectivity index (χ0) is 59.6. The first-order valence-electron chi connectivity index (χ1n) is 34.9. The smallest absolute Gasteiger partial charge is 0.306 e. The number of hydrogen-bond acceptors (Lipinski definition) is 10. The predicted octanol–water partition coefficient (Wildman–Crippen LogP) is 17.6. The van der Waals surface area contributed by atoms with E-state index in [1.54, 1.807) is 6.08 Å². The number of rotatable bonds is 60. The summed E-state index contributed by atoms with van der Waals surface area (Å²) in [7, 11) is 0. The first-order valence-corrected chi connectivity index (χ1v) is 34.9. The number of carbonyl (C=O) groups is 2. The highest BCUT2D eigenvalue weighted by Gasteiger charge is 2.47. The molecule has 0 aromatic heterocycles. The molecule has 6 N–H and O–H groups in total. The summed E-state index contributed by atoms with van der Waals surface area (Å²) in [5, 5.41) is 57.2. The molecule has 1 aliphatic heterocycles. The van der Waals surface area contributed by atoms with Crippen LogP contribution in [0.15, 0.2) is 48.6 Å². The molecule has 1 amide bonds. The van der Waals surface area contributed by atoms with Gasteiger partial charge in [0.05, 0.1) is 25.4 Å². The van der Waals surface area contributed by atoms with Gasteiger partial charge in [0.25, 0.3) is 0 Å². The monoisotopic (exact) mass is 1160 g/mol. The van der Waals surface area contributed by atoms with Crippen LogP contribution in [0.4, 0.5) is 0 Å². The van der Waals surface area contributed by atoms with Crippen LogP contribution in [-0.2, 0) is 23.8 Å². The van der Waals surface area contributed by atoms with Crippen molar-refractivity contribution >= 4 is 11.9 Å². The van der Waals surface area contributed by atoms with E-state index in [1.165, 1.54) is 205 Å². The van der Waals surface area contributed by atoms with Gasteiger partial charge in [-0.15, -0.1) is 0 Å². The average molecular weight is 1160 g/mol. The van der Waals surface area contributed by atoms with Gasteiger partial charge in [0, 0.05) is 6.42 Å². The van der Waals surface area contributed by atoms with Crippen molar-refractivity contribution in [3.8, 4) is 0 Å². The quantitative estimate of drug-likeness (QED) is 0.0195. The van der Waals surface area contributed by atoms with Crippen LogP contribution in [0.5, 0.6) is 0 Å². The molecule has 8 atom stereocenters. The van der Waals surface area contributed by atoms with Gasteiger partial charge in [-0.2, -0.15) is 0 Å². The molecule has 0 saturated carbocycles. The van der Waals surface area contributed by atoms with Crippen molar-refractivity contribution < 1.29 is 49.3 Å². The standard InChI is InChI=1S/C71H131NO10/c1-4-7-10-13-16-19-22-25-27-28-29-30-31-32-33-34-35-36-37-39-40-43-46-49-52-55-58-64(75)70(79)72-62(63(74)57-54-51-48-45-42-24-21-18-15-12-9-6-3)61-80-71-69(68(78)67(77)65(60-73)81-71)82-66(76)59-56-53-50-47-44-41-38-26-23-20-17-14-11-8-5-2/h16,19-20,23,25,27,54,57,62-65,67-69,71,73-75,77-78H,4-15,17-18,21-22,24,26,28-53,55-56,58-61H2,1-3H3,(H,72,79)/b19-16-,23-20-,27-25-,57-54+. The maximum absolute atomic E-state index is 13.5.